The molecule has 0 saturated heterocycles. The second-order valence-electron chi connectivity index (χ2n) is 4.70. The standard InChI is InChI=1S/C15H15NO4/c17-15(20-14-9-5-2-6-10-14)12-7-3-1-4-8-13(11-12)16(18)19/h2,5-6,9-10,12-13H,3,7-8,11H2. The molecule has 0 N–H and O–H groups in total. The summed E-state index contributed by atoms with van der Waals surface area (Å²) in [5.74, 6) is 5.22. The van der Waals surface area contributed by atoms with Crippen LogP contribution in [0.3, 0.4) is 0 Å². The van der Waals surface area contributed by atoms with E-state index in [0.717, 1.165) is 0 Å². The van der Waals surface area contributed by atoms with Crippen molar-refractivity contribution in [1.82, 2.24) is 0 Å². The van der Waals surface area contributed by atoms with Crippen LogP contribution >= 0.6 is 0 Å². The smallest absolute Gasteiger partial charge is 0.314 e. The molecule has 1 aliphatic rings. The molecule has 104 valence electrons. The van der Waals surface area contributed by atoms with Crippen molar-refractivity contribution >= 4 is 5.97 Å². The van der Waals surface area contributed by atoms with E-state index in [9.17, 15) is 14.9 Å². The Morgan fingerprint density at radius 1 is 1.30 bits per heavy atom. The Morgan fingerprint density at radius 2 is 2.05 bits per heavy atom. The molecule has 0 heterocycles. The summed E-state index contributed by atoms with van der Waals surface area (Å²) in [6, 6.07) is 7.94. The summed E-state index contributed by atoms with van der Waals surface area (Å²) in [4.78, 5) is 22.7. The predicted molar refractivity (Wildman–Crippen MR) is 72.6 cm³/mol. The number of nitro groups is 1. The predicted octanol–water partition coefficient (Wildman–Crippen LogP) is 2.43. The maximum atomic E-state index is 12.1. The average molecular weight is 273 g/mol. The van der Waals surface area contributed by atoms with Gasteiger partial charge in [0.1, 0.15) is 5.75 Å². The normalized spacial score (nSPS) is 21.8. The molecule has 2 atom stereocenters. The van der Waals surface area contributed by atoms with Crippen molar-refractivity contribution in [2.24, 2.45) is 5.92 Å². The van der Waals surface area contributed by atoms with E-state index in [1.54, 1.807) is 24.3 Å². The first-order valence-electron chi connectivity index (χ1n) is 6.53. The molecule has 1 aliphatic carbocycles. The second-order valence-corrected chi connectivity index (χ2v) is 4.70. The molecule has 5 heteroatoms. The van der Waals surface area contributed by atoms with Crippen molar-refractivity contribution in [3.63, 3.8) is 0 Å². The topological polar surface area (TPSA) is 69.4 Å². The molecule has 0 bridgehead atoms. The minimum absolute atomic E-state index is 0.188. The van der Waals surface area contributed by atoms with Gasteiger partial charge >= 0.3 is 5.97 Å². The highest BCUT2D eigenvalue weighted by Gasteiger charge is 2.30. The molecule has 0 aromatic heterocycles. The van der Waals surface area contributed by atoms with E-state index >= 15 is 0 Å². The first-order chi connectivity index (χ1) is 9.66. The molecule has 0 amide bonds. The number of carbonyl (C=O) groups is 1. The lowest BCUT2D eigenvalue weighted by Gasteiger charge is -2.17. The zero-order chi connectivity index (χ0) is 14.4. The molecular weight excluding hydrogens is 258 g/mol. The SMILES string of the molecule is O=C(Oc1ccccc1)C1CCC#CCC([N+](=O)[O-])C1. The highest BCUT2D eigenvalue weighted by molar-refractivity contribution is 5.75. The van der Waals surface area contributed by atoms with E-state index < -0.39 is 17.9 Å². The lowest BCUT2D eigenvalue weighted by atomic mass is 9.92. The van der Waals surface area contributed by atoms with Gasteiger partial charge in [-0.05, 0) is 18.6 Å². The highest BCUT2D eigenvalue weighted by atomic mass is 16.6. The minimum Gasteiger partial charge on any atom is -0.426 e. The molecule has 2 unspecified atom stereocenters. The zero-order valence-electron chi connectivity index (χ0n) is 11.0. The number of benzene rings is 1. The minimum atomic E-state index is -0.795. The first-order valence-corrected chi connectivity index (χ1v) is 6.53. The van der Waals surface area contributed by atoms with Crippen LogP contribution in [0.1, 0.15) is 25.7 Å². The number of para-hydroxylation sites is 1. The van der Waals surface area contributed by atoms with Crippen LogP contribution in [0, 0.1) is 27.9 Å². The van der Waals surface area contributed by atoms with Crippen LogP contribution in [0.2, 0.25) is 0 Å². The third kappa shape index (κ3) is 3.82. The molecule has 0 spiro atoms. The Hall–Kier alpha value is -2.35. The van der Waals surface area contributed by atoms with Gasteiger partial charge in [0.2, 0.25) is 6.04 Å². The summed E-state index contributed by atoms with van der Waals surface area (Å²) in [6.45, 7) is 0. The van der Waals surface area contributed by atoms with Crippen molar-refractivity contribution in [3.8, 4) is 17.6 Å². The number of ether oxygens (including phenoxy) is 1. The number of hydrogen-bond acceptors (Lipinski definition) is 4. The van der Waals surface area contributed by atoms with E-state index in [1.165, 1.54) is 0 Å². The molecule has 20 heavy (non-hydrogen) atoms. The molecule has 0 aliphatic heterocycles. The summed E-state index contributed by atoms with van der Waals surface area (Å²) in [5.41, 5.74) is 0. The van der Waals surface area contributed by atoms with E-state index in [-0.39, 0.29) is 17.8 Å². The molecule has 1 aromatic carbocycles. The molecule has 0 radical (unpaired) electrons. The Balaban J connectivity index is 2.04. The van der Waals surface area contributed by atoms with Gasteiger partial charge in [-0.15, -0.1) is 5.92 Å². The van der Waals surface area contributed by atoms with E-state index in [0.29, 0.717) is 18.6 Å². The van der Waals surface area contributed by atoms with Gasteiger partial charge in [-0.25, -0.2) is 0 Å². The van der Waals surface area contributed by atoms with Gasteiger partial charge in [0, 0.05) is 17.8 Å². The van der Waals surface area contributed by atoms with E-state index in [2.05, 4.69) is 11.8 Å². The van der Waals surface area contributed by atoms with Crippen molar-refractivity contribution in [3.05, 3.63) is 40.4 Å². The van der Waals surface area contributed by atoms with Crippen LogP contribution in [0.25, 0.3) is 0 Å². The van der Waals surface area contributed by atoms with Gasteiger partial charge in [0.25, 0.3) is 0 Å². The van der Waals surface area contributed by atoms with Gasteiger partial charge in [-0.1, -0.05) is 24.1 Å². The maximum absolute atomic E-state index is 12.1. The second kappa shape index (κ2) is 6.71. The summed E-state index contributed by atoms with van der Waals surface area (Å²) in [6.07, 6.45) is 1.46. The summed E-state index contributed by atoms with van der Waals surface area (Å²) >= 11 is 0. The first kappa shape index (κ1) is 14.1. The Morgan fingerprint density at radius 3 is 2.75 bits per heavy atom. The molecule has 2 rings (SSSR count). The van der Waals surface area contributed by atoms with Gasteiger partial charge in [-0.3, -0.25) is 14.9 Å². The number of rotatable bonds is 3. The summed E-state index contributed by atoms with van der Waals surface area (Å²) in [7, 11) is 0. The fraction of sp³-hybridized carbons (Fsp3) is 0.400. The van der Waals surface area contributed by atoms with Crippen molar-refractivity contribution in [1.29, 1.82) is 0 Å². The Labute approximate surface area is 117 Å². The lowest BCUT2D eigenvalue weighted by Crippen LogP contribution is -2.29. The summed E-state index contributed by atoms with van der Waals surface area (Å²) < 4.78 is 5.27. The zero-order valence-corrected chi connectivity index (χ0v) is 11.0. The monoisotopic (exact) mass is 273 g/mol. The molecule has 5 nitrogen and oxygen atoms in total. The largest absolute Gasteiger partial charge is 0.426 e. The van der Waals surface area contributed by atoms with Crippen molar-refractivity contribution in [2.45, 2.75) is 31.7 Å². The number of carbonyl (C=O) groups excluding carboxylic acids is 1. The van der Waals surface area contributed by atoms with Crippen LogP contribution in [0.5, 0.6) is 5.75 Å². The van der Waals surface area contributed by atoms with Gasteiger partial charge in [-0.2, -0.15) is 0 Å². The number of nitrogens with zero attached hydrogens (tertiary/aromatic N) is 1. The van der Waals surface area contributed by atoms with Crippen molar-refractivity contribution < 1.29 is 14.5 Å². The van der Waals surface area contributed by atoms with E-state index in [1.807, 2.05) is 6.07 Å². The number of hydrogen-bond donors (Lipinski definition) is 0. The van der Waals surface area contributed by atoms with Gasteiger partial charge < -0.3 is 4.74 Å². The maximum Gasteiger partial charge on any atom is 0.314 e. The fourth-order valence-electron chi connectivity index (χ4n) is 2.12. The molecule has 1 aromatic rings. The summed E-state index contributed by atoms with van der Waals surface area (Å²) in [5, 5.41) is 10.9. The third-order valence-corrected chi connectivity index (χ3v) is 3.23. The Bertz CT molecular complexity index is 544. The van der Waals surface area contributed by atoms with Crippen molar-refractivity contribution in [2.75, 3.05) is 0 Å². The third-order valence-electron chi connectivity index (χ3n) is 3.23. The van der Waals surface area contributed by atoms with Gasteiger partial charge in [0.15, 0.2) is 0 Å². The quantitative estimate of drug-likeness (QED) is 0.279. The molecule has 0 saturated carbocycles. The average Bonchev–Trinajstić information content (AvgIpc) is 2.39. The van der Waals surface area contributed by atoms with Crippen LogP contribution in [-0.2, 0) is 4.79 Å². The molecular formula is C15H15NO4. The van der Waals surface area contributed by atoms with Crippen LogP contribution in [0.15, 0.2) is 30.3 Å². The lowest BCUT2D eigenvalue weighted by molar-refractivity contribution is -0.523. The number of esters is 1. The Kier molecular flexibility index (Phi) is 4.72. The van der Waals surface area contributed by atoms with E-state index in [4.69, 9.17) is 4.74 Å². The fourth-order valence-corrected chi connectivity index (χ4v) is 2.12. The van der Waals surface area contributed by atoms with Crippen LogP contribution in [-0.4, -0.2) is 16.9 Å². The van der Waals surface area contributed by atoms with Crippen LogP contribution < -0.4 is 4.74 Å². The van der Waals surface area contributed by atoms with Crippen LogP contribution in [0.4, 0.5) is 0 Å². The molecule has 0 fully saturated rings. The van der Waals surface area contributed by atoms with Gasteiger partial charge in [0.05, 0.1) is 12.3 Å². The highest BCUT2D eigenvalue weighted by Crippen LogP contribution is 2.22.